The van der Waals surface area contributed by atoms with Crippen LogP contribution >= 0.6 is 15.9 Å². The summed E-state index contributed by atoms with van der Waals surface area (Å²) in [5.41, 5.74) is 0.624. The van der Waals surface area contributed by atoms with Crippen molar-refractivity contribution in [1.82, 2.24) is 5.32 Å². The zero-order chi connectivity index (χ0) is 19.9. The molecule has 7 nitrogen and oxygen atoms in total. The number of amides is 1. The highest BCUT2D eigenvalue weighted by atomic mass is 79.9. The Hall–Kier alpha value is -2.10. The summed E-state index contributed by atoms with van der Waals surface area (Å²) in [5.74, 6) is -0.218. The van der Waals surface area contributed by atoms with Crippen LogP contribution in [0, 0.1) is 0 Å². The maximum absolute atomic E-state index is 12.8. The molecule has 2 aromatic carbocycles. The quantitative estimate of drug-likeness (QED) is 0.565. The molecule has 146 valence electrons. The third-order valence-electron chi connectivity index (χ3n) is 3.62. The number of carbonyl (C=O) groups is 1. The molecule has 0 atom stereocenters. The fourth-order valence-corrected chi connectivity index (χ4v) is 3.80. The first-order chi connectivity index (χ1) is 12.9. The Morgan fingerprint density at radius 1 is 1.11 bits per heavy atom. The number of sulfonamides is 1. The lowest BCUT2D eigenvalue weighted by Crippen LogP contribution is -2.25. The lowest BCUT2D eigenvalue weighted by molar-refractivity contribution is 0.0948. The number of anilines is 1. The minimum Gasteiger partial charge on any atom is -0.495 e. The number of hydrogen-bond donors (Lipinski definition) is 2. The van der Waals surface area contributed by atoms with Crippen LogP contribution in [0.25, 0.3) is 0 Å². The van der Waals surface area contributed by atoms with Crippen LogP contribution in [0.3, 0.4) is 0 Å². The molecule has 9 heteroatoms. The van der Waals surface area contributed by atoms with Crippen molar-refractivity contribution in [3.8, 4) is 5.75 Å². The number of rotatable bonds is 9. The monoisotopic (exact) mass is 456 g/mol. The van der Waals surface area contributed by atoms with E-state index in [2.05, 4.69) is 26.0 Å². The second-order valence-corrected chi connectivity index (χ2v) is 8.15. The van der Waals surface area contributed by atoms with Crippen LogP contribution in [0.2, 0.25) is 0 Å². The zero-order valence-electron chi connectivity index (χ0n) is 15.0. The van der Waals surface area contributed by atoms with Crippen molar-refractivity contribution in [2.45, 2.75) is 11.3 Å². The van der Waals surface area contributed by atoms with Crippen LogP contribution in [0.4, 0.5) is 5.69 Å². The molecule has 2 rings (SSSR count). The number of methoxy groups -OCH3 is 2. The number of carbonyl (C=O) groups excluding carboxylic acids is 1. The van der Waals surface area contributed by atoms with Gasteiger partial charge in [0.25, 0.3) is 15.9 Å². The molecule has 0 spiro atoms. The summed E-state index contributed by atoms with van der Waals surface area (Å²) in [6.45, 7) is 0.956. The van der Waals surface area contributed by atoms with E-state index in [1.54, 1.807) is 31.4 Å². The molecule has 27 heavy (non-hydrogen) atoms. The topological polar surface area (TPSA) is 93.7 Å². The standard InChI is InChI=1S/C18H21BrN2O5S/c1-25-11-3-10-20-18(22)13-4-9-16(26-2)17(12-13)27(23,24)21-15-7-5-14(19)6-8-15/h4-9,12,21H,3,10-11H2,1-2H3,(H,20,22). The van der Waals surface area contributed by atoms with Crippen LogP contribution < -0.4 is 14.8 Å². The van der Waals surface area contributed by atoms with Crippen LogP contribution in [-0.2, 0) is 14.8 Å². The van der Waals surface area contributed by atoms with Gasteiger partial charge >= 0.3 is 0 Å². The SMILES string of the molecule is COCCCNC(=O)c1ccc(OC)c(S(=O)(=O)Nc2ccc(Br)cc2)c1. The third kappa shape index (κ3) is 5.95. The Morgan fingerprint density at radius 3 is 2.44 bits per heavy atom. The molecule has 2 aromatic rings. The van der Waals surface area contributed by atoms with Gasteiger partial charge in [-0.25, -0.2) is 8.42 Å². The summed E-state index contributed by atoms with van der Waals surface area (Å²) < 4.78 is 39.0. The van der Waals surface area contributed by atoms with Crippen LogP contribution in [0.5, 0.6) is 5.75 Å². The number of ether oxygens (including phenoxy) is 2. The van der Waals surface area contributed by atoms with Crippen molar-refractivity contribution in [3.05, 3.63) is 52.5 Å². The third-order valence-corrected chi connectivity index (χ3v) is 5.55. The molecular formula is C18H21BrN2O5S. The van der Waals surface area contributed by atoms with Gasteiger partial charge < -0.3 is 14.8 Å². The first-order valence-electron chi connectivity index (χ1n) is 8.11. The van der Waals surface area contributed by atoms with E-state index in [1.807, 2.05) is 0 Å². The average Bonchev–Trinajstić information content (AvgIpc) is 2.66. The van der Waals surface area contributed by atoms with E-state index in [0.29, 0.717) is 25.3 Å². The first kappa shape index (κ1) is 21.2. The van der Waals surface area contributed by atoms with E-state index in [9.17, 15) is 13.2 Å². The molecule has 0 saturated carbocycles. The molecule has 0 aliphatic carbocycles. The summed E-state index contributed by atoms with van der Waals surface area (Å²) in [4.78, 5) is 12.2. The summed E-state index contributed by atoms with van der Waals surface area (Å²) in [5, 5.41) is 2.73. The van der Waals surface area contributed by atoms with E-state index in [-0.39, 0.29) is 22.1 Å². The molecule has 0 bridgehead atoms. The average molecular weight is 457 g/mol. The van der Waals surface area contributed by atoms with Crippen LogP contribution in [0.15, 0.2) is 51.8 Å². The Morgan fingerprint density at radius 2 is 1.81 bits per heavy atom. The second kappa shape index (κ2) is 9.72. The number of hydrogen-bond acceptors (Lipinski definition) is 5. The fraction of sp³-hybridized carbons (Fsp3) is 0.278. The van der Waals surface area contributed by atoms with Gasteiger partial charge in [0.2, 0.25) is 0 Å². The smallest absolute Gasteiger partial charge is 0.265 e. The molecule has 0 aliphatic rings. The molecule has 0 radical (unpaired) electrons. The summed E-state index contributed by atoms with van der Waals surface area (Å²) in [6, 6.07) is 11.0. The Balaban J connectivity index is 2.25. The van der Waals surface area contributed by atoms with Gasteiger partial charge in [0.15, 0.2) is 0 Å². The van der Waals surface area contributed by atoms with Crippen molar-refractivity contribution in [3.63, 3.8) is 0 Å². The van der Waals surface area contributed by atoms with E-state index in [0.717, 1.165) is 4.47 Å². The minimum atomic E-state index is -3.94. The van der Waals surface area contributed by atoms with Gasteiger partial charge in [-0.3, -0.25) is 9.52 Å². The Bertz CT molecular complexity index is 885. The maximum Gasteiger partial charge on any atom is 0.265 e. The van der Waals surface area contributed by atoms with Gasteiger partial charge in [-0.15, -0.1) is 0 Å². The molecular weight excluding hydrogens is 436 g/mol. The fourth-order valence-electron chi connectivity index (χ4n) is 2.28. The van der Waals surface area contributed by atoms with Crippen molar-refractivity contribution in [2.24, 2.45) is 0 Å². The molecule has 0 unspecified atom stereocenters. The molecule has 0 heterocycles. The molecule has 0 aromatic heterocycles. The summed E-state index contributed by atoms with van der Waals surface area (Å²) >= 11 is 3.30. The Kier molecular flexibility index (Phi) is 7.64. The molecule has 0 aliphatic heterocycles. The predicted molar refractivity (Wildman–Crippen MR) is 107 cm³/mol. The maximum atomic E-state index is 12.8. The number of benzene rings is 2. The van der Waals surface area contributed by atoms with Crippen molar-refractivity contribution >= 4 is 37.5 Å². The highest BCUT2D eigenvalue weighted by molar-refractivity contribution is 9.10. The van der Waals surface area contributed by atoms with Crippen molar-refractivity contribution < 1.29 is 22.7 Å². The summed E-state index contributed by atoms with van der Waals surface area (Å²) in [7, 11) is -0.987. The molecule has 1 amide bonds. The number of nitrogens with one attached hydrogen (secondary N) is 2. The van der Waals surface area contributed by atoms with E-state index < -0.39 is 10.0 Å². The predicted octanol–water partition coefficient (Wildman–Crippen LogP) is 3.02. The zero-order valence-corrected chi connectivity index (χ0v) is 17.4. The first-order valence-corrected chi connectivity index (χ1v) is 10.4. The lowest BCUT2D eigenvalue weighted by atomic mass is 10.2. The highest BCUT2D eigenvalue weighted by Crippen LogP contribution is 2.27. The van der Waals surface area contributed by atoms with Gasteiger partial charge in [-0.1, -0.05) is 15.9 Å². The van der Waals surface area contributed by atoms with Crippen molar-refractivity contribution in [2.75, 3.05) is 32.1 Å². The van der Waals surface area contributed by atoms with Gasteiger partial charge in [-0.2, -0.15) is 0 Å². The van der Waals surface area contributed by atoms with Crippen LogP contribution in [-0.4, -0.2) is 41.7 Å². The lowest BCUT2D eigenvalue weighted by Gasteiger charge is -2.13. The highest BCUT2D eigenvalue weighted by Gasteiger charge is 2.22. The van der Waals surface area contributed by atoms with Gasteiger partial charge in [0.05, 0.1) is 7.11 Å². The largest absolute Gasteiger partial charge is 0.495 e. The van der Waals surface area contributed by atoms with E-state index in [1.165, 1.54) is 25.3 Å². The van der Waals surface area contributed by atoms with Gasteiger partial charge in [-0.05, 0) is 48.9 Å². The van der Waals surface area contributed by atoms with Gasteiger partial charge in [0.1, 0.15) is 10.6 Å². The van der Waals surface area contributed by atoms with Gasteiger partial charge in [0, 0.05) is 36.0 Å². The molecule has 2 N–H and O–H groups in total. The second-order valence-electron chi connectivity index (χ2n) is 5.58. The van der Waals surface area contributed by atoms with Crippen molar-refractivity contribution in [1.29, 1.82) is 0 Å². The van der Waals surface area contributed by atoms with E-state index in [4.69, 9.17) is 9.47 Å². The minimum absolute atomic E-state index is 0.113. The van der Waals surface area contributed by atoms with Crippen LogP contribution in [0.1, 0.15) is 16.8 Å². The number of halogens is 1. The van der Waals surface area contributed by atoms with E-state index >= 15 is 0 Å². The Labute approximate surface area is 167 Å². The molecule has 0 fully saturated rings. The molecule has 0 saturated heterocycles. The summed E-state index contributed by atoms with van der Waals surface area (Å²) in [6.07, 6.45) is 0.661. The normalized spacial score (nSPS) is 11.1.